The number of rotatable bonds is 7. The maximum atomic E-state index is 12.1. The Bertz CT molecular complexity index is 1070. The molecular weight excluding hydrogens is 402 g/mol. The van der Waals surface area contributed by atoms with E-state index in [2.05, 4.69) is 31.5 Å². The number of nitriles is 1. The van der Waals surface area contributed by atoms with Gasteiger partial charge in [0.05, 0.1) is 36.2 Å². The molecule has 3 aromatic rings. The second-order valence-electron chi connectivity index (χ2n) is 6.86. The first-order valence-electron chi connectivity index (χ1n) is 9.70. The van der Waals surface area contributed by atoms with Gasteiger partial charge in [0.15, 0.2) is 5.13 Å². The monoisotopic (exact) mass is 423 g/mol. The maximum Gasteiger partial charge on any atom is 0.356 e. The molecule has 1 aliphatic rings. The van der Waals surface area contributed by atoms with Crippen molar-refractivity contribution < 1.29 is 9.53 Å². The van der Waals surface area contributed by atoms with E-state index in [4.69, 9.17) is 15.0 Å². The lowest BCUT2D eigenvalue weighted by molar-refractivity contribution is 0.0516. The van der Waals surface area contributed by atoms with Crippen LogP contribution in [0.3, 0.4) is 0 Å². The third-order valence-electron chi connectivity index (χ3n) is 4.92. The van der Waals surface area contributed by atoms with Gasteiger partial charge in [-0.15, -0.1) is 11.3 Å². The maximum absolute atomic E-state index is 12.1. The molecule has 0 spiro atoms. The molecule has 3 aromatic heterocycles. The molecule has 0 aliphatic carbocycles. The number of pyridine rings is 1. The van der Waals surface area contributed by atoms with Gasteiger partial charge in [0.2, 0.25) is 0 Å². The third kappa shape index (κ3) is 4.32. The topological polar surface area (TPSA) is 120 Å². The first kappa shape index (κ1) is 20.0. The van der Waals surface area contributed by atoms with E-state index in [1.54, 1.807) is 31.5 Å². The number of aromatic nitrogens is 4. The van der Waals surface area contributed by atoms with Crippen molar-refractivity contribution in [1.29, 1.82) is 5.26 Å². The first-order valence-corrected chi connectivity index (χ1v) is 10.6. The molecule has 1 atom stereocenters. The van der Waals surface area contributed by atoms with Crippen LogP contribution in [0, 0.1) is 11.3 Å². The largest absolute Gasteiger partial charge is 0.461 e. The number of H-pyrrole nitrogens is 1. The smallest absolute Gasteiger partial charge is 0.356 e. The zero-order valence-electron chi connectivity index (χ0n) is 16.5. The number of aromatic amines is 1. The van der Waals surface area contributed by atoms with Gasteiger partial charge in [-0.1, -0.05) is 0 Å². The molecule has 0 aromatic carbocycles. The van der Waals surface area contributed by atoms with E-state index in [1.165, 1.54) is 11.3 Å². The molecule has 1 saturated heterocycles. The Balaban J connectivity index is 1.46. The molecule has 9 nitrogen and oxygen atoms in total. The molecule has 0 unspecified atom stereocenters. The fourth-order valence-corrected chi connectivity index (χ4v) is 4.32. The summed E-state index contributed by atoms with van der Waals surface area (Å²) in [4.78, 5) is 23.4. The molecule has 0 radical (unpaired) electrons. The normalized spacial score (nSPS) is 16.3. The fraction of sp³-hybridized carbons (Fsp3) is 0.350. The lowest BCUT2D eigenvalue weighted by Gasteiger charge is -2.22. The zero-order chi connectivity index (χ0) is 20.9. The van der Waals surface area contributed by atoms with Crippen molar-refractivity contribution in [3.8, 4) is 6.07 Å². The highest BCUT2D eigenvalue weighted by Gasteiger charge is 2.29. The molecule has 1 aliphatic heterocycles. The average molecular weight is 424 g/mol. The van der Waals surface area contributed by atoms with Crippen LogP contribution in [-0.2, 0) is 11.3 Å². The quantitative estimate of drug-likeness (QED) is 0.555. The molecule has 0 bridgehead atoms. The van der Waals surface area contributed by atoms with Gasteiger partial charge in [0, 0.05) is 23.7 Å². The number of anilines is 2. The number of carbonyl (C=O) groups excluding carboxylic acids is 1. The lowest BCUT2D eigenvalue weighted by Crippen LogP contribution is -2.24. The summed E-state index contributed by atoms with van der Waals surface area (Å²) in [7, 11) is 0. The summed E-state index contributed by atoms with van der Waals surface area (Å²) >= 11 is 1.50. The van der Waals surface area contributed by atoms with Gasteiger partial charge < -0.3 is 10.1 Å². The summed E-state index contributed by atoms with van der Waals surface area (Å²) in [6, 6.07) is 5.63. The number of ether oxygens (including phenoxy) is 1. The minimum Gasteiger partial charge on any atom is -0.461 e. The molecule has 0 amide bonds. The van der Waals surface area contributed by atoms with Gasteiger partial charge in [0.25, 0.3) is 0 Å². The van der Waals surface area contributed by atoms with Crippen LogP contribution < -0.4 is 5.32 Å². The zero-order valence-corrected chi connectivity index (χ0v) is 17.3. The molecular formula is C20H21N7O2S. The van der Waals surface area contributed by atoms with Crippen molar-refractivity contribution in [2.24, 2.45) is 0 Å². The number of nitrogens with one attached hydrogen (secondary N) is 2. The van der Waals surface area contributed by atoms with Crippen molar-refractivity contribution in [3.63, 3.8) is 0 Å². The summed E-state index contributed by atoms with van der Waals surface area (Å²) in [5.74, 6) is 0.212. The summed E-state index contributed by atoms with van der Waals surface area (Å²) < 4.78 is 5.11. The van der Waals surface area contributed by atoms with E-state index in [0.717, 1.165) is 35.8 Å². The van der Waals surface area contributed by atoms with Crippen molar-refractivity contribution in [2.45, 2.75) is 32.4 Å². The summed E-state index contributed by atoms with van der Waals surface area (Å²) in [6.45, 7) is 3.63. The van der Waals surface area contributed by atoms with E-state index < -0.39 is 0 Å². The number of carbonyl (C=O) groups is 1. The van der Waals surface area contributed by atoms with Crippen molar-refractivity contribution in [2.75, 3.05) is 18.5 Å². The number of thiazole rings is 1. The molecule has 1 fully saturated rings. The molecule has 30 heavy (non-hydrogen) atoms. The van der Waals surface area contributed by atoms with E-state index in [9.17, 15) is 4.79 Å². The summed E-state index contributed by atoms with van der Waals surface area (Å²) in [5.41, 5.74) is 2.76. The van der Waals surface area contributed by atoms with Crippen LogP contribution in [0.25, 0.3) is 0 Å². The molecule has 154 valence electrons. The van der Waals surface area contributed by atoms with Crippen LogP contribution >= 0.6 is 11.3 Å². The average Bonchev–Trinajstić information content (AvgIpc) is 3.50. The predicted octanol–water partition coefficient (Wildman–Crippen LogP) is 3.39. The number of hydrogen-bond acceptors (Lipinski definition) is 9. The highest BCUT2D eigenvalue weighted by Crippen LogP contribution is 2.35. The highest BCUT2D eigenvalue weighted by molar-refractivity contribution is 7.13. The van der Waals surface area contributed by atoms with E-state index in [0.29, 0.717) is 30.2 Å². The van der Waals surface area contributed by atoms with Crippen LogP contribution in [0.15, 0.2) is 29.9 Å². The second kappa shape index (κ2) is 9.02. The fourth-order valence-electron chi connectivity index (χ4n) is 3.55. The molecule has 0 saturated carbocycles. The highest BCUT2D eigenvalue weighted by atomic mass is 32.1. The van der Waals surface area contributed by atoms with Gasteiger partial charge in [0.1, 0.15) is 11.5 Å². The summed E-state index contributed by atoms with van der Waals surface area (Å²) in [6.07, 6.45) is 5.34. The van der Waals surface area contributed by atoms with E-state index in [1.807, 2.05) is 5.38 Å². The molecule has 10 heteroatoms. The number of esters is 1. The van der Waals surface area contributed by atoms with Gasteiger partial charge >= 0.3 is 5.97 Å². The van der Waals surface area contributed by atoms with Crippen LogP contribution in [0.1, 0.15) is 53.1 Å². The van der Waals surface area contributed by atoms with Gasteiger partial charge in [-0.2, -0.15) is 10.4 Å². The Hall–Kier alpha value is -3.29. The minimum atomic E-state index is -0.381. The lowest BCUT2D eigenvalue weighted by atomic mass is 10.1. The van der Waals surface area contributed by atoms with Gasteiger partial charge in [-0.25, -0.2) is 14.8 Å². The Kier molecular flexibility index (Phi) is 6.02. The Labute approximate surface area is 177 Å². The van der Waals surface area contributed by atoms with E-state index >= 15 is 0 Å². The molecule has 4 rings (SSSR count). The third-order valence-corrected chi connectivity index (χ3v) is 5.70. The van der Waals surface area contributed by atoms with E-state index in [-0.39, 0.29) is 12.0 Å². The number of hydrogen-bond donors (Lipinski definition) is 2. The number of nitrogens with zero attached hydrogens (tertiary/aromatic N) is 5. The standard InChI is InChI=1S/C20H21N7O2S/c1-2-29-19(28)18-14(10-23-26-18)11-27-7-3-4-16(27)15-12-30-20(24-15)25-17-8-13(9-21)5-6-22-17/h5-6,8,10,12,16H,2-4,7,11H2,1H3,(H,23,26)(H,22,24,25)/t16-/m0/s1. The molecule has 4 heterocycles. The predicted molar refractivity (Wildman–Crippen MR) is 111 cm³/mol. The first-order chi connectivity index (χ1) is 14.7. The van der Waals surface area contributed by atoms with Crippen molar-refractivity contribution in [3.05, 3.63) is 52.4 Å². The summed E-state index contributed by atoms with van der Waals surface area (Å²) in [5, 5.41) is 21.8. The van der Waals surface area contributed by atoms with Crippen LogP contribution in [0.4, 0.5) is 10.9 Å². The SMILES string of the molecule is CCOC(=O)c1[nH]ncc1CN1CCC[C@H]1c1csc(Nc2cc(C#N)ccn2)n1. The second-order valence-corrected chi connectivity index (χ2v) is 7.72. The van der Waals surface area contributed by atoms with Gasteiger partial charge in [-0.05, 0) is 38.4 Å². The van der Waals surface area contributed by atoms with Crippen molar-refractivity contribution in [1.82, 2.24) is 25.1 Å². The van der Waals surface area contributed by atoms with Crippen LogP contribution in [0.2, 0.25) is 0 Å². The molecule has 2 N–H and O–H groups in total. The number of likely N-dealkylation sites (tertiary alicyclic amines) is 1. The van der Waals surface area contributed by atoms with Crippen LogP contribution in [0.5, 0.6) is 0 Å². The Morgan fingerprint density at radius 2 is 2.43 bits per heavy atom. The van der Waals surface area contributed by atoms with Gasteiger partial charge in [-0.3, -0.25) is 10.00 Å². The Morgan fingerprint density at radius 1 is 1.53 bits per heavy atom. The van der Waals surface area contributed by atoms with Crippen molar-refractivity contribution >= 4 is 28.3 Å². The minimum absolute atomic E-state index is 0.167. The Morgan fingerprint density at radius 3 is 3.27 bits per heavy atom. The van der Waals surface area contributed by atoms with Crippen LogP contribution in [-0.4, -0.2) is 44.2 Å².